The molecule has 2 N–H and O–H groups in total. The molecule has 4 aromatic heterocycles. The van der Waals surface area contributed by atoms with Gasteiger partial charge in [-0.2, -0.15) is 5.10 Å². The number of carbonyl (C=O) groups excluding carboxylic acids is 1. The van der Waals surface area contributed by atoms with Gasteiger partial charge in [0, 0.05) is 31.3 Å². The topological polar surface area (TPSA) is 156 Å². The van der Waals surface area contributed by atoms with Crippen LogP contribution in [0.5, 0.6) is 11.5 Å². The summed E-state index contributed by atoms with van der Waals surface area (Å²) in [7, 11) is 2.99. The van der Waals surface area contributed by atoms with Crippen molar-refractivity contribution in [3.63, 3.8) is 0 Å². The van der Waals surface area contributed by atoms with Gasteiger partial charge in [-0.3, -0.25) is 10.1 Å². The number of nitrogens with zero attached hydrogens (tertiary/aromatic N) is 5. The van der Waals surface area contributed by atoms with Crippen molar-refractivity contribution in [2.24, 2.45) is 0 Å². The molecule has 0 saturated carbocycles. The smallest absolute Gasteiger partial charge is 0.381 e. The van der Waals surface area contributed by atoms with E-state index in [0.717, 1.165) is 17.0 Å². The van der Waals surface area contributed by atoms with E-state index in [4.69, 9.17) is 18.6 Å². The van der Waals surface area contributed by atoms with Crippen molar-refractivity contribution in [2.45, 2.75) is 6.92 Å². The minimum atomic E-state index is -0.865. The van der Waals surface area contributed by atoms with Crippen LogP contribution in [0.2, 0.25) is 0 Å². The molecule has 0 radical (unpaired) electrons. The number of hydrogen-bond acceptors (Lipinski definition) is 12. The molecule has 35 heavy (non-hydrogen) atoms. The van der Waals surface area contributed by atoms with Crippen LogP contribution in [0.1, 0.15) is 16.2 Å². The van der Waals surface area contributed by atoms with E-state index in [1.165, 1.54) is 20.3 Å². The molecule has 0 unspecified atom stereocenters. The zero-order valence-electron chi connectivity index (χ0n) is 19.0. The minimum absolute atomic E-state index is 0.0846. The van der Waals surface area contributed by atoms with Gasteiger partial charge in [0.15, 0.2) is 17.3 Å². The Labute approximate surface area is 202 Å². The number of carbonyl (C=O) groups is 1. The first-order valence-corrected chi connectivity index (χ1v) is 11.0. The van der Waals surface area contributed by atoms with E-state index in [-0.39, 0.29) is 35.5 Å². The highest BCUT2D eigenvalue weighted by atomic mass is 32.1. The van der Waals surface area contributed by atoms with Gasteiger partial charge in [-0.1, -0.05) is 11.3 Å². The zero-order chi connectivity index (χ0) is 24.8. The molecule has 0 saturated heterocycles. The summed E-state index contributed by atoms with van der Waals surface area (Å²) in [5.74, 6) is -0.393. The molecule has 4 aromatic rings. The van der Waals surface area contributed by atoms with E-state index < -0.39 is 11.5 Å². The molecule has 13 nitrogen and oxygen atoms in total. The van der Waals surface area contributed by atoms with Crippen LogP contribution >= 0.6 is 11.3 Å². The Kier molecular flexibility index (Phi) is 7.32. The van der Waals surface area contributed by atoms with Crippen molar-refractivity contribution in [3.8, 4) is 16.6 Å². The molecule has 1 amide bonds. The molecule has 0 aliphatic heterocycles. The molecule has 0 aliphatic rings. The summed E-state index contributed by atoms with van der Waals surface area (Å²) in [6.45, 7) is 2.19. The number of amides is 1. The molecule has 0 aromatic carbocycles. The number of ether oxygens (including phenoxy) is 3. The predicted molar refractivity (Wildman–Crippen MR) is 126 cm³/mol. The Bertz CT molecular complexity index is 1380. The first kappa shape index (κ1) is 23.8. The number of nitrogens with one attached hydrogen (secondary N) is 2. The summed E-state index contributed by atoms with van der Waals surface area (Å²) in [4.78, 5) is 29.8. The quantitative estimate of drug-likeness (QED) is 0.309. The van der Waals surface area contributed by atoms with Crippen molar-refractivity contribution >= 4 is 33.9 Å². The number of pyridine rings is 1. The molecule has 182 valence electrons. The second-order valence-corrected chi connectivity index (χ2v) is 7.85. The van der Waals surface area contributed by atoms with Crippen LogP contribution in [0, 0.1) is 6.92 Å². The standard InChI is InChI=1S/C21H21N7O6S/c1-12-6-8-23-28(12)21-27-26-20(35-21)25-18(29)15-11-13(16(19(30)34-15)33-10-9-31-2)24-17-14(32-3)5-4-7-22-17/h4-8,11H,9-10H2,1-3H3,(H,22,24)(H,25,26,29). The van der Waals surface area contributed by atoms with Gasteiger partial charge in [0.05, 0.1) is 19.4 Å². The fourth-order valence-electron chi connectivity index (χ4n) is 2.91. The summed E-state index contributed by atoms with van der Waals surface area (Å²) >= 11 is 1.11. The Hall–Kier alpha value is -4.30. The van der Waals surface area contributed by atoms with Crippen molar-refractivity contribution in [2.75, 3.05) is 38.1 Å². The maximum absolute atomic E-state index is 12.9. The van der Waals surface area contributed by atoms with E-state index in [2.05, 4.69) is 30.9 Å². The van der Waals surface area contributed by atoms with Crippen LogP contribution in [0.15, 0.2) is 45.9 Å². The monoisotopic (exact) mass is 499 g/mol. The average molecular weight is 500 g/mol. The van der Waals surface area contributed by atoms with Crippen LogP contribution in [0.4, 0.5) is 16.6 Å². The predicted octanol–water partition coefficient (Wildman–Crippen LogP) is 2.41. The van der Waals surface area contributed by atoms with Gasteiger partial charge in [-0.05, 0) is 25.1 Å². The Balaban J connectivity index is 1.62. The molecule has 4 rings (SSSR count). The maximum Gasteiger partial charge on any atom is 0.381 e. The molecule has 4 heterocycles. The highest BCUT2D eigenvalue weighted by molar-refractivity contribution is 7.17. The second-order valence-electron chi connectivity index (χ2n) is 6.89. The molecule has 0 fully saturated rings. The first-order valence-electron chi connectivity index (χ1n) is 10.2. The number of methoxy groups -OCH3 is 2. The first-order chi connectivity index (χ1) is 17.0. The third-order valence-electron chi connectivity index (χ3n) is 4.56. The lowest BCUT2D eigenvalue weighted by molar-refractivity contribution is 0.0990. The van der Waals surface area contributed by atoms with Crippen LogP contribution in [0.3, 0.4) is 0 Å². The molecule has 0 aliphatic carbocycles. The van der Waals surface area contributed by atoms with Gasteiger partial charge in [0.25, 0.3) is 5.91 Å². The second kappa shape index (κ2) is 10.8. The normalized spacial score (nSPS) is 10.7. The van der Waals surface area contributed by atoms with E-state index >= 15 is 0 Å². The number of aromatic nitrogens is 5. The van der Waals surface area contributed by atoms with Crippen LogP contribution in [-0.4, -0.2) is 58.3 Å². The maximum atomic E-state index is 12.9. The zero-order valence-corrected chi connectivity index (χ0v) is 19.8. The summed E-state index contributed by atoms with van der Waals surface area (Å²) < 4.78 is 22.6. The van der Waals surface area contributed by atoms with Crippen molar-refractivity contribution in [3.05, 3.63) is 58.5 Å². The van der Waals surface area contributed by atoms with Gasteiger partial charge in [0.1, 0.15) is 6.61 Å². The minimum Gasteiger partial charge on any atom is -0.493 e. The number of hydrogen-bond donors (Lipinski definition) is 2. The lowest BCUT2D eigenvalue weighted by Gasteiger charge is -2.14. The van der Waals surface area contributed by atoms with Crippen molar-refractivity contribution < 1.29 is 23.4 Å². The van der Waals surface area contributed by atoms with Gasteiger partial charge in [-0.15, -0.1) is 10.2 Å². The van der Waals surface area contributed by atoms with E-state index in [0.29, 0.717) is 16.7 Å². The average Bonchev–Trinajstić information content (AvgIpc) is 3.49. The highest BCUT2D eigenvalue weighted by Crippen LogP contribution is 2.30. The van der Waals surface area contributed by atoms with Crippen molar-refractivity contribution in [1.29, 1.82) is 0 Å². The molecule has 14 heteroatoms. The summed E-state index contributed by atoms with van der Waals surface area (Å²) in [5.41, 5.74) is 0.149. The lowest BCUT2D eigenvalue weighted by atomic mass is 10.3. The summed E-state index contributed by atoms with van der Waals surface area (Å²) in [6.07, 6.45) is 3.18. The van der Waals surface area contributed by atoms with Gasteiger partial charge >= 0.3 is 5.63 Å². The lowest BCUT2D eigenvalue weighted by Crippen LogP contribution is -2.18. The molecular weight excluding hydrogens is 478 g/mol. The summed E-state index contributed by atoms with van der Waals surface area (Å²) in [5, 5.41) is 18.4. The third kappa shape index (κ3) is 5.44. The SMILES string of the molecule is COCCOc1c(Nc2ncccc2OC)cc(C(=O)Nc2nnc(-n3nccc3C)s2)oc1=O. The summed E-state index contributed by atoms with van der Waals surface area (Å²) in [6, 6.07) is 6.52. The van der Waals surface area contributed by atoms with Crippen LogP contribution in [-0.2, 0) is 4.74 Å². The fraction of sp³-hybridized carbons (Fsp3) is 0.238. The highest BCUT2D eigenvalue weighted by Gasteiger charge is 2.21. The number of aryl methyl sites for hydroxylation is 1. The van der Waals surface area contributed by atoms with Crippen LogP contribution in [0.25, 0.3) is 5.13 Å². The molecule has 0 atom stereocenters. The van der Waals surface area contributed by atoms with Gasteiger partial charge in [0.2, 0.25) is 16.0 Å². The Morgan fingerprint density at radius 1 is 1.20 bits per heavy atom. The molecular formula is C21H21N7O6S. The largest absolute Gasteiger partial charge is 0.493 e. The van der Waals surface area contributed by atoms with Crippen LogP contribution < -0.4 is 25.7 Å². The van der Waals surface area contributed by atoms with Crippen molar-refractivity contribution in [1.82, 2.24) is 25.0 Å². The van der Waals surface area contributed by atoms with E-state index in [1.54, 1.807) is 29.2 Å². The number of rotatable bonds is 10. The van der Waals surface area contributed by atoms with E-state index in [9.17, 15) is 9.59 Å². The molecule has 0 bridgehead atoms. The van der Waals surface area contributed by atoms with Gasteiger partial charge < -0.3 is 23.9 Å². The number of anilines is 3. The van der Waals surface area contributed by atoms with E-state index in [1.807, 2.05) is 13.0 Å². The molecule has 0 spiro atoms. The third-order valence-corrected chi connectivity index (χ3v) is 5.37. The van der Waals surface area contributed by atoms with Gasteiger partial charge in [-0.25, -0.2) is 14.5 Å². The Morgan fingerprint density at radius 3 is 2.80 bits per heavy atom. The Morgan fingerprint density at radius 2 is 2.06 bits per heavy atom. The fourth-order valence-corrected chi connectivity index (χ4v) is 3.67.